The number of fused-ring (bicyclic) bond motifs is 1. The van der Waals surface area contributed by atoms with Gasteiger partial charge in [-0.3, -0.25) is 4.79 Å². The van der Waals surface area contributed by atoms with Gasteiger partial charge in [0.1, 0.15) is 17.4 Å². The molecule has 5 rings (SSSR count). The second kappa shape index (κ2) is 7.12. The third kappa shape index (κ3) is 3.23. The minimum atomic E-state index is -0.213. The van der Waals surface area contributed by atoms with Crippen molar-refractivity contribution in [1.29, 1.82) is 0 Å². The molecule has 1 fully saturated rings. The summed E-state index contributed by atoms with van der Waals surface area (Å²) in [5.74, 6) is 0.400. The largest absolute Gasteiger partial charge is 0.438 e. The van der Waals surface area contributed by atoms with Crippen LogP contribution in [0.2, 0.25) is 0 Å². The maximum atomic E-state index is 13.6. The molecule has 2 aromatic carbocycles. The Morgan fingerprint density at radius 1 is 1.21 bits per heavy atom. The van der Waals surface area contributed by atoms with E-state index >= 15 is 0 Å². The van der Waals surface area contributed by atoms with Gasteiger partial charge in [-0.05, 0) is 72.2 Å². The molecule has 0 N–H and O–H groups in total. The molecular formula is C23H19FN2O2S. The lowest BCUT2D eigenvalue weighted by atomic mass is 10.0. The maximum absolute atomic E-state index is 13.6. The van der Waals surface area contributed by atoms with Crippen molar-refractivity contribution in [3.05, 3.63) is 76.1 Å². The highest BCUT2D eigenvalue weighted by Gasteiger charge is 2.34. The van der Waals surface area contributed by atoms with Crippen molar-refractivity contribution in [2.45, 2.75) is 25.8 Å². The van der Waals surface area contributed by atoms with E-state index in [0.717, 1.165) is 34.4 Å². The minimum absolute atomic E-state index is 0.0345. The van der Waals surface area contributed by atoms with Gasteiger partial charge in [0.2, 0.25) is 5.89 Å². The van der Waals surface area contributed by atoms with Crippen LogP contribution in [0.5, 0.6) is 0 Å². The standard InChI is InChI=1S/C23H19FN2O2S/c1-14-12-15(6-8-17(14)24)16-7-9-20-18(13-16)25-22(28-20)19-4-2-10-26(19)23(27)21-5-3-11-29-21/h3,5-9,11-13,19H,2,4,10H2,1H3. The molecule has 6 heteroatoms. The third-order valence-electron chi connectivity index (χ3n) is 5.43. The Balaban J connectivity index is 1.48. The average molecular weight is 406 g/mol. The Morgan fingerprint density at radius 2 is 2.03 bits per heavy atom. The number of benzene rings is 2. The molecule has 0 spiro atoms. The fourth-order valence-corrected chi connectivity index (χ4v) is 4.58. The first-order chi connectivity index (χ1) is 14.1. The molecule has 1 saturated heterocycles. The molecule has 4 aromatic rings. The molecule has 4 nitrogen and oxygen atoms in total. The number of rotatable bonds is 3. The van der Waals surface area contributed by atoms with Gasteiger partial charge in [0.15, 0.2) is 5.58 Å². The molecule has 1 amide bonds. The van der Waals surface area contributed by atoms with Crippen LogP contribution in [-0.4, -0.2) is 22.3 Å². The van der Waals surface area contributed by atoms with Gasteiger partial charge in [-0.25, -0.2) is 9.37 Å². The van der Waals surface area contributed by atoms with E-state index < -0.39 is 0 Å². The lowest BCUT2D eigenvalue weighted by molar-refractivity contribution is 0.0722. The summed E-state index contributed by atoms with van der Waals surface area (Å²) < 4.78 is 19.6. The molecule has 0 saturated carbocycles. The normalized spacial score (nSPS) is 16.6. The van der Waals surface area contributed by atoms with E-state index in [1.807, 2.05) is 46.7 Å². The molecule has 146 valence electrons. The van der Waals surface area contributed by atoms with Crippen molar-refractivity contribution in [3.63, 3.8) is 0 Å². The molecular weight excluding hydrogens is 387 g/mol. The van der Waals surface area contributed by atoms with Gasteiger partial charge >= 0.3 is 0 Å². The highest BCUT2D eigenvalue weighted by atomic mass is 32.1. The second-order valence-corrected chi connectivity index (χ2v) is 8.28. The number of carbonyl (C=O) groups excluding carboxylic acids is 1. The molecule has 1 unspecified atom stereocenters. The zero-order chi connectivity index (χ0) is 20.0. The number of aromatic nitrogens is 1. The van der Waals surface area contributed by atoms with Gasteiger partial charge in [0, 0.05) is 6.54 Å². The summed E-state index contributed by atoms with van der Waals surface area (Å²) in [4.78, 5) is 20.1. The lowest BCUT2D eigenvalue weighted by Crippen LogP contribution is -2.30. The fourth-order valence-electron chi connectivity index (χ4n) is 3.90. The molecule has 1 atom stereocenters. The van der Waals surface area contributed by atoms with E-state index in [1.165, 1.54) is 17.4 Å². The number of hydrogen-bond donors (Lipinski definition) is 0. The van der Waals surface area contributed by atoms with E-state index in [9.17, 15) is 9.18 Å². The topological polar surface area (TPSA) is 46.3 Å². The number of halogens is 1. The quantitative estimate of drug-likeness (QED) is 0.420. The van der Waals surface area contributed by atoms with Crippen molar-refractivity contribution in [2.75, 3.05) is 6.54 Å². The second-order valence-electron chi connectivity index (χ2n) is 7.33. The van der Waals surface area contributed by atoms with Crippen LogP contribution in [0.1, 0.15) is 40.0 Å². The Labute approximate surface area is 171 Å². The van der Waals surface area contributed by atoms with Crippen LogP contribution < -0.4 is 0 Å². The monoisotopic (exact) mass is 406 g/mol. The molecule has 0 aliphatic carbocycles. The molecule has 2 aromatic heterocycles. The summed E-state index contributed by atoms with van der Waals surface area (Å²) in [5.41, 5.74) is 3.94. The predicted molar refractivity (Wildman–Crippen MR) is 111 cm³/mol. The fraction of sp³-hybridized carbons (Fsp3) is 0.217. The van der Waals surface area contributed by atoms with E-state index in [2.05, 4.69) is 0 Å². The highest BCUT2D eigenvalue weighted by Crippen LogP contribution is 2.35. The zero-order valence-corrected chi connectivity index (χ0v) is 16.7. The molecule has 29 heavy (non-hydrogen) atoms. The zero-order valence-electron chi connectivity index (χ0n) is 15.9. The Morgan fingerprint density at radius 3 is 2.83 bits per heavy atom. The SMILES string of the molecule is Cc1cc(-c2ccc3oc(C4CCCN4C(=O)c4cccs4)nc3c2)ccc1F. The number of likely N-dealkylation sites (tertiary alicyclic amines) is 1. The van der Waals surface area contributed by atoms with E-state index in [4.69, 9.17) is 9.40 Å². The van der Waals surface area contributed by atoms with Crippen LogP contribution in [0.25, 0.3) is 22.2 Å². The summed E-state index contributed by atoms with van der Waals surface area (Å²) in [7, 11) is 0. The number of nitrogens with zero attached hydrogens (tertiary/aromatic N) is 2. The van der Waals surface area contributed by atoms with Gasteiger partial charge in [-0.1, -0.05) is 18.2 Å². The predicted octanol–water partition coefficient (Wildman–Crippen LogP) is 5.98. The van der Waals surface area contributed by atoms with Crippen LogP contribution in [0.4, 0.5) is 4.39 Å². The lowest BCUT2D eigenvalue weighted by Gasteiger charge is -2.21. The van der Waals surface area contributed by atoms with Crippen molar-refractivity contribution in [3.8, 4) is 11.1 Å². The average Bonchev–Trinajstić information content (AvgIpc) is 3.48. The smallest absolute Gasteiger partial charge is 0.264 e. The summed E-state index contributed by atoms with van der Waals surface area (Å²) in [6.45, 7) is 2.46. The first kappa shape index (κ1) is 18.1. The van der Waals surface area contributed by atoms with Gasteiger partial charge < -0.3 is 9.32 Å². The van der Waals surface area contributed by atoms with Crippen molar-refractivity contribution in [1.82, 2.24) is 9.88 Å². The Hall–Kier alpha value is -2.99. The van der Waals surface area contributed by atoms with Crippen LogP contribution in [0, 0.1) is 12.7 Å². The third-order valence-corrected chi connectivity index (χ3v) is 6.28. The van der Waals surface area contributed by atoms with Crippen LogP contribution in [0.15, 0.2) is 58.3 Å². The van der Waals surface area contributed by atoms with Gasteiger partial charge in [0.25, 0.3) is 5.91 Å². The molecule has 0 radical (unpaired) electrons. The first-order valence-corrected chi connectivity index (χ1v) is 10.5. The van der Waals surface area contributed by atoms with E-state index in [0.29, 0.717) is 23.6 Å². The van der Waals surface area contributed by atoms with Gasteiger partial charge in [-0.15, -0.1) is 11.3 Å². The summed E-state index contributed by atoms with van der Waals surface area (Å²) in [5, 5.41) is 1.91. The van der Waals surface area contributed by atoms with Crippen LogP contribution in [0.3, 0.4) is 0 Å². The number of aryl methyl sites for hydroxylation is 1. The van der Waals surface area contributed by atoms with Crippen LogP contribution >= 0.6 is 11.3 Å². The van der Waals surface area contributed by atoms with Crippen LogP contribution in [-0.2, 0) is 0 Å². The minimum Gasteiger partial charge on any atom is -0.438 e. The summed E-state index contributed by atoms with van der Waals surface area (Å²) in [6, 6.07) is 14.5. The number of carbonyl (C=O) groups is 1. The molecule has 0 bridgehead atoms. The van der Waals surface area contributed by atoms with E-state index in [-0.39, 0.29) is 17.8 Å². The van der Waals surface area contributed by atoms with Gasteiger partial charge in [0.05, 0.1) is 4.88 Å². The summed E-state index contributed by atoms with van der Waals surface area (Å²) >= 11 is 1.45. The van der Waals surface area contributed by atoms with Gasteiger partial charge in [-0.2, -0.15) is 0 Å². The number of thiophene rings is 1. The molecule has 3 heterocycles. The Bertz CT molecular complexity index is 1200. The molecule has 1 aliphatic heterocycles. The van der Waals surface area contributed by atoms with Crippen molar-refractivity contribution < 1.29 is 13.6 Å². The van der Waals surface area contributed by atoms with E-state index in [1.54, 1.807) is 13.0 Å². The molecule has 1 aliphatic rings. The Kier molecular flexibility index (Phi) is 4.43. The highest BCUT2D eigenvalue weighted by molar-refractivity contribution is 7.12. The van der Waals surface area contributed by atoms with Crippen molar-refractivity contribution in [2.24, 2.45) is 0 Å². The number of oxazole rings is 1. The van der Waals surface area contributed by atoms with Crippen molar-refractivity contribution >= 4 is 28.3 Å². The maximum Gasteiger partial charge on any atom is 0.264 e. The summed E-state index contributed by atoms with van der Waals surface area (Å²) in [6.07, 6.45) is 1.77. The first-order valence-electron chi connectivity index (χ1n) is 9.61. The number of amides is 1. The number of hydrogen-bond acceptors (Lipinski definition) is 4.